The quantitative estimate of drug-likeness (QED) is 0.439. The van der Waals surface area contributed by atoms with Crippen molar-refractivity contribution in [3.8, 4) is 17.2 Å². The van der Waals surface area contributed by atoms with Gasteiger partial charge in [0.25, 0.3) is 17.7 Å². The number of anilines is 1. The Kier molecular flexibility index (Phi) is 8.01. The molecule has 34 heavy (non-hydrogen) atoms. The highest BCUT2D eigenvalue weighted by Gasteiger charge is 2.15. The molecule has 0 atom stereocenters. The number of hydrazine groups is 1. The van der Waals surface area contributed by atoms with Gasteiger partial charge in [-0.1, -0.05) is 12.1 Å². The molecule has 0 aromatic heterocycles. The topological polar surface area (TPSA) is 115 Å². The summed E-state index contributed by atoms with van der Waals surface area (Å²) in [5.41, 5.74) is 4.86. The summed E-state index contributed by atoms with van der Waals surface area (Å²) >= 11 is 0. The van der Waals surface area contributed by atoms with Crippen molar-refractivity contribution in [1.82, 2.24) is 10.9 Å². The van der Waals surface area contributed by atoms with Crippen LogP contribution in [0.25, 0.3) is 0 Å². The largest absolute Gasteiger partial charge is 0.497 e. The maximum atomic E-state index is 13.7. The predicted molar refractivity (Wildman–Crippen MR) is 121 cm³/mol. The van der Waals surface area contributed by atoms with Crippen molar-refractivity contribution >= 4 is 23.4 Å². The van der Waals surface area contributed by atoms with E-state index in [-0.39, 0.29) is 29.2 Å². The van der Waals surface area contributed by atoms with Crippen LogP contribution in [-0.2, 0) is 4.79 Å². The van der Waals surface area contributed by atoms with Crippen LogP contribution < -0.4 is 30.4 Å². The molecule has 3 aromatic rings. The Bertz CT molecular complexity index is 1180. The van der Waals surface area contributed by atoms with Crippen LogP contribution in [0.4, 0.5) is 10.1 Å². The molecule has 0 aliphatic heterocycles. The third-order valence-electron chi connectivity index (χ3n) is 4.57. The van der Waals surface area contributed by atoms with Crippen LogP contribution in [0.5, 0.6) is 17.2 Å². The third kappa shape index (κ3) is 6.22. The van der Waals surface area contributed by atoms with Gasteiger partial charge in [-0.15, -0.1) is 0 Å². The van der Waals surface area contributed by atoms with Crippen molar-refractivity contribution in [2.75, 3.05) is 26.1 Å². The van der Waals surface area contributed by atoms with Crippen molar-refractivity contribution in [1.29, 1.82) is 0 Å². The molecule has 9 nitrogen and oxygen atoms in total. The fourth-order valence-corrected chi connectivity index (χ4v) is 2.84. The number of halogens is 1. The highest BCUT2D eigenvalue weighted by Crippen LogP contribution is 2.28. The number of amides is 3. The van der Waals surface area contributed by atoms with E-state index >= 15 is 0 Å². The number of carbonyl (C=O) groups excluding carboxylic acids is 3. The maximum Gasteiger partial charge on any atom is 0.272 e. The number of benzene rings is 3. The molecule has 0 heterocycles. The lowest BCUT2D eigenvalue weighted by molar-refractivity contribution is -0.118. The Hall–Kier alpha value is -4.60. The summed E-state index contributed by atoms with van der Waals surface area (Å²) in [4.78, 5) is 36.6. The van der Waals surface area contributed by atoms with E-state index in [0.29, 0.717) is 11.4 Å². The molecular formula is C24H22FN3O6. The number of ether oxygens (including phenoxy) is 3. The lowest BCUT2D eigenvalue weighted by atomic mass is 10.2. The summed E-state index contributed by atoms with van der Waals surface area (Å²) in [6, 6.07) is 16.4. The molecule has 3 rings (SSSR count). The minimum Gasteiger partial charge on any atom is -0.497 e. The zero-order chi connectivity index (χ0) is 24.5. The standard InChI is InChI=1S/C24H22FN3O6/c1-32-17-10-8-16(9-11-17)26-22(29)14-34-20-12-7-15(13-21(20)33-2)23(30)27-28-24(31)18-5-3-4-6-19(18)25/h3-13H,14H2,1-2H3,(H,26,29)(H,27,30)(H,28,31). The number of hydrogen-bond donors (Lipinski definition) is 3. The SMILES string of the molecule is COc1ccc(NC(=O)COc2ccc(C(=O)NNC(=O)c3ccccc3F)cc2OC)cc1. The Labute approximate surface area is 194 Å². The molecule has 0 spiro atoms. The maximum absolute atomic E-state index is 13.7. The summed E-state index contributed by atoms with van der Waals surface area (Å²) in [5, 5.41) is 2.68. The fraction of sp³-hybridized carbons (Fsp3) is 0.125. The van der Waals surface area contributed by atoms with Gasteiger partial charge in [0.1, 0.15) is 11.6 Å². The summed E-state index contributed by atoms with van der Waals surface area (Å²) in [5.74, 6) is -1.48. The Morgan fingerprint density at radius 3 is 2.21 bits per heavy atom. The molecule has 3 amide bonds. The normalized spacial score (nSPS) is 10.1. The van der Waals surface area contributed by atoms with Gasteiger partial charge in [0.15, 0.2) is 18.1 Å². The first-order valence-electron chi connectivity index (χ1n) is 10.0. The zero-order valence-corrected chi connectivity index (χ0v) is 18.4. The number of carbonyl (C=O) groups is 3. The van der Waals surface area contributed by atoms with E-state index in [1.807, 2.05) is 0 Å². The number of nitrogens with one attached hydrogen (secondary N) is 3. The van der Waals surface area contributed by atoms with Crippen molar-refractivity contribution < 1.29 is 33.0 Å². The molecule has 3 N–H and O–H groups in total. The predicted octanol–water partition coefficient (Wildman–Crippen LogP) is 2.94. The molecule has 0 radical (unpaired) electrons. The van der Waals surface area contributed by atoms with Crippen LogP contribution >= 0.6 is 0 Å². The molecule has 0 saturated carbocycles. The minimum absolute atomic E-state index is 0.140. The molecule has 0 aliphatic carbocycles. The Balaban J connectivity index is 1.56. The average molecular weight is 467 g/mol. The molecule has 0 unspecified atom stereocenters. The lowest BCUT2D eigenvalue weighted by Gasteiger charge is -2.13. The van der Waals surface area contributed by atoms with Gasteiger partial charge in [-0.25, -0.2) is 4.39 Å². The molecule has 0 fully saturated rings. The molecule has 10 heteroatoms. The smallest absolute Gasteiger partial charge is 0.272 e. The average Bonchev–Trinajstić information content (AvgIpc) is 2.86. The number of rotatable bonds is 8. The van der Waals surface area contributed by atoms with E-state index in [1.165, 1.54) is 43.5 Å². The number of methoxy groups -OCH3 is 2. The van der Waals surface area contributed by atoms with Gasteiger partial charge in [-0.2, -0.15) is 0 Å². The van der Waals surface area contributed by atoms with E-state index < -0.39 is 23.5 Å². The molecular weight excluding hydrogens is 445 g/mol. The van der Waals surface area contributed by atoms with Crippen LogP contribution in [0, 0.1) is 5.82 Å². The zero-order valence-electron chi connectivity index (χ0n) is 18.4. The molecule has 176 valence electrons. The van der Waals surface area contributed by atoms with Gasteiger partial charge in [-0.3, -0.25) is 25.2 Å². The molecule has 3 aromatic carbocycles. The van der Waals surface area contributed by atoms with E-state index in [1.54, 1.807) is 31.4 Å². The highest BCUT2D eigenvalue weighted by atomic mass is 19.1. The summed E-state index contributed by atoms with van der Waals surface area (Å²) in [6.45, 7) is -0.299. The molecule has 0 saturated heterocycles. The Morgan fingerprint density at radius 1 is 0.824 bits per heavy atom. The third-order valence-corrected chi connectivity index (χ3v) is 4.57. The van der Waals surface area contributed by atoms with Crippen molar-refractivity contribution in [3.63, 3.8) is 0 Å². The van der Waals surface area contributed by atoms with Crippen LogP contribution in [0.3, 0.4) is 0 Å². The van der Waals surface area contributed by atoms with E-state index in [2.05, 4.69) is 16.2 Å². The first-order valence-corrected chi connectivity index (χ1v) is 10.0. The highest BCUT2D eigenvalue weighted by molar-refractivity contribution is 5.99. The lowest BCUT2D eigenvalue weighted by Crippen LogP contribution is -2.41. The second-order valence-corrected chi connectivity index (χ2v) is 6.82. The fourth-order valence-electron chi connectivity index (χ4n) is 2.84. The van der Waals surface area contributed by atoms with Crippen LogP contribution in [-0.4, -0.2) is 38.5 Å². The van der Waals surface area contributed by atoms with Gasteiger partial charge < -0.3 is 19.5 Å². The first-order chi connectivity index (χ1) is 16.4. The van der Waals surface area contributed by atoms with Crippen molar-refractivity contribution in [2.24, 2.45) is 0 Å². The summed E-state index contributed by atoms with van der Waals surface area (Å²) in [7, 11) is 2.92. The molecule has 0 aliphatic rings. The monoisotopic (exact) mass is 467 g/mol. The van der Waals surface area contributed by atoms with Gasteiger partial charge in [0.05, 0.1) is 19.8 Å². The van der Waals surface area contributed by atoms with Gasteiger partial charge in [0.2, 0.25) is 0 Å². The van der Waals surface area contributed by atoms with Gasteiger partial charge in [-0.05, 0) is 54.6 Å². The van der Waals surface area contributed by atoms with Gasteiger partial charge >= 0.3 is 0 Å². The van der Waals surface area contributed by atoms with Crippen LogP contribution in [0.1, 0.15) is 20.7 Å². The van der Waals surface area contributed by atoms with Crippen molar-refractivity contribution in [3.05, 3.63) is 83.7 Å². The minimum atomic E-state index is -0.804. The summed E-state index contributed by atoms with van der Waals surface area (Å²) in [6.07, 6.45) is 0. The van der Waals surface area contributed by atoms with Crippen molar-refractivity contribution in [2.45, 2.75) is 0 Å². The van der Waals surface area contributed by atoms with E-state index in [0.717, 1.165) is 6.07 Å². The second-order valence-electron chi connectivity index (χ2n) is 6.82. The van der Waals surface area contributed by atoms with Gasteiger partial charge in [0, 0.05) is 11.3 Å². The summed E-state index contributed by atoms with van der Waals surface area (Å²) < 4.78 is 29.5. The Morgan fingerprint density at radius 2 is 1.53 bits per heavy atom. The second kappa shape index (κ2) is 11.3. The number of hydrogen-bond acceptors (Lipinski definition) is 6. The van der Waals surface area contributed by atoms with Crippen LogP contribution in [0.2, 0.25) is 0 Å². The van der Waals surface area contributed by atoms with E-state index in [4.69, 9.17) is 14.2 Å². The molecule has 0 bridgehead atoms. The first kappa shape index (κ1) is 24.1. The van der Waals surface area contributed by atoms with Crippen LogP contribution in [0.15, 0.2) is 66.7 Å². The van der Waals surface area contributed by atoms with E-state index in [9.17, 15) is 18.8 Å².